The van der Waals surface area contributed by atoms with Crippen molar-refractivity contribution in [3.63, 3.8) is 0 Å². The third-order valence-electron chi connectivity index (χ3n) is 5.99. The van der Waals surface area contributed by atoms with E-state index in [1.165, 1.54) is 57.8 Å². The van der Waals surface area contributed by atoms with Gasteiger partial charge in [0.15, 0.2) is 0 Å². The van der Waals surface area contributed by atoms with E-state index in [0.717, 1.165) is 30.1 Å². The molecule has 0 spiro atoms. The highest BCUT2D eigenvalue weighted by atomic mass is 15.2. The first-order chi connectivity index (χ1) is 8.76. The van der Waals surface area contributed by atoms with Crippen molar-refractivity contribution in [2.24, 2.45) is 5.92 Å². The Bertz CT molecular complexity index is 258. The number of fused-ring (bicyclic) bond motifs is 2. The topological polar surface area (TPSA) is 15.3 Å². The summed E-state index contributed by atoms with van der Waals surface area (Å²) in [5.41, 5.74) is 0. The largest absolute Gasteiger partial charge is 0.311 e. The predicted octanol–water partition coefficient (Wildman–Crippen LogP) is 3.17. The van der Waals surface area contributed by atoms with Gasteiger partial charge >= 0.3 is 0 Å². The molecule has 3 fully saturated rings. The standard InChI is InChI=1S/C16H30N2/c1-3-12-4-8-15(9-5-12)18(2)16-10-13-6-7-14(11-16)17-13/h12-17H,3-11H2,1-2H3. The molecule has 2 aliphatic heterocycles. The zero-order chi connectivity index (χ0) is 12.5. The predicted molar refractivity (Wildman–Crippen MR) is 76.8 cm³/mol. The molecule has 0 radical (unpaired) electrons. The Balaban J connectivity index is 1.53. The molecule has 2 atom stereocenters. The lowest BCUT2D eigenvalue weighted by molar-refractivity contribution is 0.0889. The number of hydrogen-bond acceptors (Lipinski definition) is 2. The average Bonchev–Trinajstić information content (AvgIpc) is 2.77. The van der Waals surface area contributed by atoms with Crippen LogP contribution in [0.3, 0.4) is 0 Å². The molecule has 1 aliphatic carbocycles. The third-order valence-corrected chi connectivity index (χ3v) is 5.99. The van der Waals surface area contributed by atoms with Crippen molar-refractivity contribution >= 4 is 0 Å². The first-order valence-corrected chi connectivity index (χ1v) is 8.24. The lowest BCUT2D eigenvalue weighted by atomic mass is 9.83. The molecule has 18 heavy (non-hydrogen) atoms. The van der Waals surface area contributed by atoms with Crippen LogP contribution in [0.25, 0.3) is 0 Å². The fourth-order valence-corrected chi connectivity index (χ4v) is 4.62. The van der Waals surface area contributed by atoms with Gasteiger partial charge in [-0.05, 0) is 64.3 Å². The minimum absolute atomic E-state index is 0.836. The lowest BCUT2D eigenvalue weighted by Crippen LogP contribution is -2.50. The Labute approximate surface area is 113 Å². The van der Waals surface area contributed by atoms with Crippen LogP contribution in [0, 0.1) is 5.92 Å². The molecule has 3 rings (SSSR count). The van der Waals surface area contributed by atoms with Gasteiger partial charge in [0.1, 0.15) is 0 Å². The summed E-state index contributed by atoms with van der Waals surface area (Å²) in [4.78, 5) is 2.76. The van der Waals surface area contributed by atoms with Crippen molar-refractivity contribution in [1.82, 2.24) is 10.2 Å². The Kier molecular flexibility index (Phi) is 3.95. The van der Waals surface area contributed by atoms with Crippen LogP contribution in [0.4, 0.5) is 0 Å². The molecule has 3 aliphatic rings. The molecule has 1 saturated carbocycles. The highest BCUT2D eigenvalue weighted by molar-refractivity contribution is 4.96. The average molecular weight is 250 g/mol. The van der Waals surface area contributed by atoms with Crippen LogP contribution >= 0.6 is 0 Å². The van der Waals surface area contributed by atoms with Crippen LogP contribution in [0.1, 0.15) is 64.7 Å². The summed E-state index contributed by atoms with van der Waals surface area (Å²) in [6, 6.07) is 3.42. The van der Waals surface area contributed by atoms with Crippen LogP contribution in [-0.2, 0) is 0 Å². The number of piperidine rings is 1. The molecule has 2 saturated heterocycles. The SMILES string of the molecule is CCC1CCC(N(C)C2CC3CCC(C2)N3)CC1. The fraction of sp³-hybridized carbons (Fsp3) is 1.00. The van der Waals surface area contributed by atoms with Crippen LogP contribution in [-0.4, -0.2) is 36.1 Å². The van der Waals surface area contributed by atoms with Crippen LogP contribution < -0.4 is 5.32 Å². The molecule has 2 nitrogen and oxygen atoms in total. The van der Waals surface area contributed by atoms with Crippen molar-refractivity contribution in [2.75, 3.05) is 7.05 Å². The molecular weight excluding hydrogens is 220 g/mol. The van der Waals surface area contributed by atoms with E-state index in [1.807, 2.05) is 0 Å². The Morgan fingerprint density at radius 2 is 1.50 bits per heavy atom. The fourth-order valence-electron chi connectivity index (χ4n) is 4.62. The molecule has 2 unspecified atom stereocenters. The molecule has 1 N–H and O–H groups in total. The van der Waals surface area contributed by atoms with Crippen molar-refractivity contribution in [3.8, 4) is 0 Å². The van der Waals surface area contributed by atoms with Gasteiger partial charge in [-0.1, -0.05) is 13.3 Å². The van der Waals surface area contributed by atoms with Gasteiger partial charge in [0, 0.05) is 24.2 Å². The maximum Gasteiger partial charge on any atom is 0.0125 e. The molecule has 0 aromatic rings. The summed E-state index contributed by atoms with van der Waals surface area (Å²) in [7, 11) is 2.41. The lowest BCUT2D eigenvalue weighted by Gasteiger charge is -2.42. The van der Waals surface area contributed by atoms with E-state index in [1.54, 1.807) is 0 Å². The molecule has 2 bridgehead atoms. The second-order valence-corrected chi connectivity index (χ2v) is 7.01. The zero-order valence-electron chi connectivity index (χ0n) is 12.2. The van der Waals surface area contributed by atoms with Crippen molar-refractivity contribution in [1.29, 1.82) is 0 Å². The summed E-state index contributed by atoms with van der Waals surface area (Å²) in [5.74, 6) is 1.03. The molecule has 0 aromatic carbocycles. The summed E-state index contributed by atoms with van der Waals surface area (Å²) in [6.45, 7) is 2.36. The van der Waals surface area contributed by atoms with Gasteiger partial charge in [0.2, 0.25) is 0 Å². The Morgan fingerprint density at radius 1 is 0.889 bits per heavy atom. The van der Waals surface area contributed by atoms with Gasteiger partial charge in [0.05, 0.1) is 0 Å². The Morgan fingerprint density at radius 3 is 2.06 bits per heavy atom. The van der Waals surface area contributed by atoms with Gasteiger partial charge in [-0.15, -0.1) is 0 Å². The van der Waals surface area contributed by atoms with Gasteiger partial charge < -0.3 is 10.2 Å². The van der Waals surface area contributed by atoms with Crippen molar-refractivity contribution in [2.45, 2.75) is 88.9 Å². The maximum absolute atomic E-state index is 3.77. The first-order valence-electron chi connectivity index (χ1n) is 8.24. The van der Waals surface area contributed by atoms with E-state index >= 15 is 0 Å². The second kappa shape index (κ2) is 5.50. The number of hydrogen-bond donors (Lipinski definition) is 1. The molecule has 0 amide bonds. The summed E-state index contributed by atoms with van der Waals surface area (Å²) in [6.07, 6.45) is 12.9. The monoisotopic (exact) mass is 250 g/mol. The summed E-state index contributed by atoms with van der Waals surface area (Å²) < 4.78 is 0. The number of nitrogens with one attached hydrogen (secondary N) is 1. The molecule has 2 heterocycles. The maximum atomic E-state index is 3.77. The van der Waals surface area contributed by atoms with E-state index in [4.69, 9.17) is 0 Å². The van der Waals surface area contributed by atoms with Crippen molar-refractivity contribution < 1.29 is 0 Å². The van der Waals surface area contributed by atoms with E-state index in [9.17, 15) is 0 Å². The first kappa shape index (κ1) is 12.9. The van der Waals surface area contributed by atoms with Crippen LogP contribution in [0.5, 0.6) is 0 Å². The van der Waals surface area contributed by atoms with Crippen LogP contribution in [0.2, 0.25) is 0 Å². The highest BCUT2D eigenvalue weighted by Crippen LogP contribution is 2.34. The van der Waals surface area contributed by atoms with Crippen LogP contribution in [0.15, 0.2) is 0 Å². The number of nitrogens with zero attached hydrogens (tertiary/aromatic N) is 1. The van der Waals surface area contributed by atoms with Gasteiger partial charge in [-0.25, -0.2) is 0 Å². The minimum Gasteiger partial charge on any atom is -0.311 e. The smallest absolute Gasteiger partial charge is 0.0125 e. The molecule has 0 aromatic heterocycles. The van der Waals surface area contributed by atoms with Crippen molar-refractivity contribution in [3.05, 3.63) is 0 Å². The van der Waals surface area contributed by atoms with E-state index in [2.05, 4.69) is 24.2 Å². The quantitative estimate of drug-likeness (QED) is 0.827. The third kappa shape index (κ3) is 2.60. The number of rotatable bonds is 3. The normalized spacial score (nSPS) is 44.5. The molecule has 2 heteroatoms. The molecule has 104 valence electrons. The zero-order valence-corrected chi connectivity index (χ0v) is 12.2. The second-order valence-electron chi connectivity index (χ2n) is 7.01. The Hall–Kier alpha value is -0.0800. The summed E-state index contributed by atoms with van der Waals surface area (Å²) >= 11 is 0. The van der Waals surface area contributed by atoms with E-state index < -0.39 is 0 Å². The molecular formula is C16H30N2. The van der Waals surface area contributed by atoms with Gasteiger partial charge in [-0.3, -0.25) is 0 Å². The van der Waals surface area contributed by atoms with Gasteiger partial charge in [-0.2, -0.15) is 0 Å². The van der Waals surface area contributed by atoms with E-state index in [0.29, 0.717) is 0 Å². The van der Waals surface area contributed by atoms with Gasteiger partial charge in [0.25, 0.3) is 0 Å². The minimum atomic E-state index is 0.836. The van der Waals surface area contributed by atoms with E-state index in [-0.39, 0.29) is 0 Å². The highest BCUT2D eigenvalue weighted by Gasteiger charge is 2.37. The summed E-state index contributed by atoms with van der Waals surface area (Å²) in [5, 5.41) is 3.77.